The highest BCUT2D eigenvalue weighted by Crippen LogP contribution is 2.24. The summed E-state index contributed by atoms with van der Waals surface area (Å²) >= 11 is 0. The van der Waals surface area contributed by atoms with Gasteiger partial charge in [0.05, 0.1) is 10.9 Å². The van der Waals surface area contributed by atoms with Gasteiger partial charge < -0.3 is 15.1 Å². The first-order valence-corrected chi connectivity index (χ1v) is 5.75. The quantitative estimate of drug-likeness (QED) is 0.558. The first-order valence-electron chi connectivity index (χ1n) is 5.75. The van der Waals surface area contributed by atoms with E-state index in [9.17, 15) is 14.9 Å². The number of nitrogens with one attached hydrogen (secondary N) is 1. The third kappa shape index (κ3) is 1.74. The Balaban J connectivity index is 2.38. The lowest BCUT2D eigenvalue weighted by Gasteiger charge is -2.04. The molecule has 0 unspecified atom stereocenters. The normalized spacial score (nSPS) is 10.8. The highest BCUT2D eigenvalue weighted by Gasteiger charge is 2.22. The van der Waals surface area contributed by atoms with Crippen LogP contribution in [-0.2, 0) is 0 Å². The van der Waals surface area contributed by atoms with Crippen molar-refractivity contribution >= 4 is 16.7 Å². The number of hydrogen-bond donors (Lipinski definition) is 1. The predicted octanol–water partition coefficient (Wildman–Crippen LogP) is 1.33. The van der Waals surface area contributed by atoms with E-state index in [1.807, 2.05) is 0 Å². The molecule has 8 heteroatoms. The molecule has 3 aromatic rings. The number of aromatic nitrogens is 4. The molecule has 0 aromatic carbocycles. The van der Waals surface area contributed by atoms with Crippen molar-refractivity contribution in [1.29, 1.82) is 0 Å². The molecule has 100 valence electrons. The van der Waals surface area contributed by atoms with Gasteiger partial charge in [-0.1, -0.05) is 0 Å². The fourth-order valence-electron chi connectivity index (χ4n) is 2.07. The lowest BCUT2D eigenvalue weighted by Crippen LogP contribution is -2.08. The Bertz CT molecular complexity index is 880. The maximum absolute atomic E-state index is 11.3. The Hall–Kier alpha value is -3.03. The first kappa shape index (κ1) is 12.0. The van der Waals surface area contributed by atoms with Gasteiger partial charge in [0.25, 0.3) is 0 Å². The molecule has 0 spiro atoms. The van der Waals surface area contributed by atoms with Crippen LogP contribution >= 0.6 is 0 Å². The number of nitro groups is 1. The van der Waals surface area contributed by atoms with Crippen LogP contribution in [0.15, 0.2) is 35.4 Å². The van der Waals surface area contributed by atoms with Crippen molar-refractivity contribution in [1.82, 2.24) is 19.5 Å². The zero-order valence-corrected chi connectivity index (χ0v) is 10.4. The minimum absolute atomic E-state index is 0.172. The maximum atomic E-state index is 11.3. The van der Waals surface area contributed by atoms with Crippen molar-refractivity contribution < 1.29 is 4.92 Å². The van der Waals surface area contributed by atoms with E-state index >= 15 is 0 Å². The molecule has 0 aliphatic carbocycles. The zero-order chi connectivity index (χ0) is 14.3. The number of aryl methyl sites for hydroxylation is 1. The summed E-state index contributed by atoms with van der Waals surface area (Å²) in [6.07, 6.45) is 2.66. The maximum Gasteiger partial charge on any atom is 0.349 e. The van der Waals surface area contributed by atoms with Crippen LogP contribution in [-0.4, -0.2) is 24.4 Å². The van der Waals surface area contributed by atoms with Gasteiger partial charge in [-0.3, -0.25) is 4.79 Å². The molecular weight excluding hydrogens is 262 g/mol. The summed E-state index contributed by atoms with van der Waals surface area (Å²) < 4.78 is 1.35. The minimum Gasteiger partial charge on any atom is -0.358 e. The van der Waals surface area contributed by atoms with Gasteiger partial charge in [-0.05, 0) is 17.1 Å². The molecule has 0 saturated carbocycles. The molecule has 3 aromatic heterocycles. The summed E-state index contributed by atoms with van der Waals surface area (Å²) in [6.45, 7) is 1.65. The van der Waals surface area contributed by atoms with Gasteiger partial charge in [0, 0.05) is 19.2 Å². The van der Waals surface area contributed by atoms with E-state index in [0.717, 1.165) is 0 Å². The van der Waals surface area contributed by atoms with Gasteiger partial charge in [-0.25, -0.2) is 9.97 Å². The van der Waals surface area contributed by atoms with Crippen LogP contribution in [0.2, 0.25) is 0 Å². The van der Waals surface area contributed by atoms with E-state index in [2.05, 4.69) is 15.0 Å². The second-order valence-corrected chi connectivity index (χ2v) is 4.17. The molecule has 0 fully saturated rings. The van der Waals surface area contributed by atoms with Gasteiger partial charge in [-0.15, -0.1) is 0 Å². The van der Waals surface area contributed by atoms with Gasteiger partial charge in [-0.2, -0.15) is 4.57 Å². The number of fused-ring (bicyclic) bond motifs is 1. The summed E-state index contributed by atoms with van der Waals surface area (Å²) in [7, 11) is 0. The SMILES string of the molecule is Cc1ncc([N+](=O)[O-])n1-c1nccc2[nH]c(=O)ccc12. The van der Waals surface area contributed by atoms with Crippen LogP contribution < -0.4 is 5.56 Å². The highest BCUT2D eigenvalue weighted by molar-refractivity contribution is 5.85. The Morgan fingerprint density at radius 2 is 2.10 bits per heavy atom. The van der Waals surface area contributed by atoms with Gasteiger partial charge in [0.15, 0.2) is 5.82 Å². The second-order valence-electron chi connectivity index (χ2n) is 4.17. The van der Waals surface area contributed by atoms with Crippen molar-refractivity contribution in [3.63, 3.8) is 0 Å². The van der Waals surface area contributed by atoms with Crippen molar-refractivity contribution in [2.45, 2.75) is 6.92 Å². The smallest absolute Gasteiger partial charge is 0.349 e. The summed E-state index contributed by atoms with van der Waals surface area (Å²) in [6, 6.07) is 4.57. The fourth-order valence-corrected chi connectivity index (χ4v) is 2.07. The van der Waals surface area contributed by atoms with E-state index in [-0.39, 0.29) is 11.4 Å². The van der Waals surface area contributed by atoms with Gasteiger partial charge >= 0.3 is 5.82 Å². The lowest BCUT2D eigenvalue weighted by molar-refractivity contribution is -0.391. The summed E-state index contributed by atoms with van der Waals surface area (Å²) in [4.78, 5) is 32.6. The Morgan fingerprint density at radius 3 is 2.85 bits per heavy atom. The van der Waals surface area contributed by atoms with Crippen molar-refractivity contribution in [3.05, 3.63) is 56.9 Å². The van der Waals surface area contributed by atoms with E-state index in [0.29, 0.717) is 22.5 Å². The number of rotatable bonds is 2. The van der Waals surface area contributed by atoms with Crippen LogP contribution in [0.1, 0.15) is 5.82 Å². The Labute approximate surface area is 111 Å². The average Bonchev–Trinajstić information content (AvgIpc) is 2.79. The van der Waals surface area contributed by atoms with Gasteiger partial charge in [0.2, 0.25) is 11.4 Å². The molecule has 0 atom stereocenters. The number of H-pyrrole nitrogens is 1. The van der Waals surface area contributed by atoms with Crippen molar-refractivity contribution in [2.24, 2.45) is 0 Å². The highest BCUT2D eigenvalue weighted by atomic mass is 16.6. The largest absolute Gasteiger partial charge is 0.358 e. The molecule has 0 saturated heterocycles. The molecule has 0 amide bonds. The Kier molecular flexibility index (Phi) is 2.56. The van der Waals surface area contributed by atoms with Crippen LogP contribution in [0.25, 0.3) is 16.7 Å². The first-order chi connectivity index (χ1) is 9.58. The van der Waals surface area contributed by atoms with Crippen LogP contribution in [0, 0.1) is 17.0 Å². The van der Waals surface area contributed by atoms with E-state index in [1.54, 1.807) is 19.1 Å². The molecular formula is C12H9N5O3. The van der Waals surface area contributed by atoms with Crippen molar-refractivity contribution in [2.75, 3.05) is 0 Å². The molecule has 3 rings (SSSR count). The summed E-state index contributed by atoms with van der Waals surface area (Å²) in [5, 5.41) is 11.7. The molecule has 20 heavy (non-hydrogen) atoms. The average molecular weight is 271 g/mol. The molecule has 1 N–H and O–H groups in total. The molecule has 0 aliphatic heterocycles. The van der Waals surface area contributed by atoms with E-state index in [1.165, 1.54) is 23.0 Å². The van der Waals surface area contributed by atoms with Crippen LogP contribution in [0.4, 0.5) is 5.82 Å². The molecule has 0 bridgehead atoms. The number of hydrogen-bond acceptors (Lipinski definition) is 5. The molecule has 0 aliphatic rings. The second kappa shape index (κ2) is 4.26. The van der Waals surface area contributed by atoms with E-state index in [4.69, 9.17) is 0 Å². The third-order valence-corrected chi connectivity index (χ3v) is 2.95. The van der Waals surface area contributed by atoms with Gasteiger partial charge in [0.1, 0.15) is 6.20 Å². The number of nitrogens with zero attached hydrogens (tertiary/aromatic N) is 4. The van der Waals surface area contributed by atoms with Crippen LogP contribution in [0.5, 0.6) is 0 Å². The number of aromatic amines is 1. The standard InChI is InChI=1S/C12H9N5O3/c1-7-14-6-11(17(19)20)16(7)12-8-2-3-10(18)15-9(8)4-5-13-12/h2-6H,1H3,(H,15,18). The monoisotopic (exact) mass is 271 g/mol. The third-order valence-electron chi connectivity index (χ3n) is 2.95. The molecule has 0 radical (unpaired) electrons. The minimum atomic E-state index is -0.522. The van der Waals surface area contributed by atoms with E-state index < -0.39 is 4.92 Å². The van der Waals surface area contributed by atoms with Crippen molar-refractivity contribution in [3.8, 4) is 5.82 Å². The van der Waals surface area contributed by atoms with Crippen LogP contribution in [0.3, 0.4) is 0 Å². The summed E-state index contributed by atoms with van der Waals surface area (Å²) in [5.74, 6) is 0.636. The molecule has 3 heterocycles. The number of pyridine rings is 2. The molecule has 8 nitrogen and oxygen atoms in total. The Morgan fingerprint density at radius 1 is 1.30 bits per heavy atom. The zero-order valence-electron chi connectivity index (χ0n) is 10.4. The number of imidazole rings is 1. The lowest BCUT2D eigenvalue weighted by atomic mass is 10.2. The topological polar surface area (TPSA) is 107 Å². The summed E-state index contributed by atoms with van der Waals surface area (Å²) in [5.41, 5.74) is 0.316. The fraction of sp³-hybridized carbons (Fsp3) is 0.0833. The predicted molar refractivity (Wildman–Crippen MR) is 70.9 cm³/mol.